The van der Waals surface area contributed by atoms with Crippen LogP contribution in [-0.2, 0) is 29.4 Å². The maximum atomic E-state index is 14.8. The number of methoxy groups -OCH3 is 1. The van der Waals surface area contributed by atoms with Gasteiger partial charge in [0.15, 0.2) is 0 Å². The van der Waals surface area contributed by atoms with E-state index in [0.29, 0.717) is 6.61 Å². The van der Waals surface area contributed by atoms with Gasteiger partial charge in [-0.05, 0) is 23.1 Å². The monoisotopic (exact) mass is 790 g/mol. The Bertz CT molecular complexity index is 1530. The Kier molecular flexibility index (Phi) is 19.5. The minimum atomic E-state index is -5.07. The number of carbonyl (C=O) groups excluding carboxylic acids is 1. The highest BCUT2D eigenvalue weighted by Crippen LogP contribution is 2.51. The summed E-state index contributed by atoms with van der Waals surface area (Å²) in [6.45, 7) is 2.60. The van der Waals surface area contributed by atoms with Crippen molar-refractivity contribution < 1.29 is 32.2 Å². The van der Waals surface area contributed by atoms with E-state index in [0.717, 1.165) is 43.1 Å². The topological polar surface area (TPSA) is 44.8 Å². The van der Waals surface area contributed by atoms with E-state index >= 15 is 0 Å². The van der Waals surface area contributed by atoms with Gasteiger partial charge in [0.1, 0.15) is 6.61 Å². The molecule has 8 heteroatoms. The minimum Gasteiger partial charge on any atom is -0.462 e. The molecular weight excluding hydrogens is 730 g/mol. The summed E-state index contributed by atoms with van der Waals surface area (Å²) in [5.41, 5.74) is -0.677. The quantitative estimate of drug-likeness (QED) is 0.0342. The highest BCUT2D eigenvalue weighted by atomic mass is 32.2. The highest BCUT2D eigenvalue weighted by Gasteiger charge is 2.64. The van der Waals surface area contributed by atoms with Crippen LogP contribution in [0.3, 0.4) is 0 Å². The van der Waals surface area contributed by atoms with Crippen molar-refractivity contribution >= 4 is 17.7 Å². The summed E-state index contributed by atoms with van der Waals surface area (Å²) in [5.74, 6) is -1.51. The number of halogens is 3. The second-order valence-corrected chi connectivity index (χ2v) is 16.1. The molecule has 0 fully saturated rings. The first-order valence-electron chi connectivity index (χ1n) is 20.6. The number of carbonyl (C=O) groups is 1. The second kappa shape index (κ2) is 24.2. The fourth-order valence-electron chi connectivity index (χ4n) is 7.36. The van der Waals surface area contributed by atoms with E-state index in [9.17, 15) is 18.0 Å². The molecule has 304 valence electrons. The normalized spacial score (nSPS) is 13.6. The first-order chi connectivity index (χ1) is 27.3. The molecule has 0 aliphatic rings. The van der Waals surface area contributed by atoms with E-state index in [1.807, 2.05) is 54.6 Å². The average molecular weight is 791 g/mol. The number of unbranched alkanes of at least 4 members (excludes halogenated alkanes) is 13. The van der Waals surface area contributed by atoms with Crippen LogP contribution < -0.4 is 0 Å². The molecule has 0 amide bonds. The van der Waals surface area contributed by atoms with E-state index in [1.54, 1.807) is 6.07 Å². The molecule has 0 saturated heterocycles. The lowest BCUT2D eigenvalue weighted by Gasteiger charge is -2.38. The molecule has 0 radical (unpaired) electrons. The summed E-state index contributed by atoms with van der Waals surface area (Å²) in [6.07, 6.45) is 12.5. The van der Waals surface area contributed by atoms with Gasteiger partial charge in [0.25, 0.3) is 5.60 Å². The fraction of sp³-hybridized carbons (Fsp3) is 0.479. The lowest BCUT2D eigenvalue weighted by Crippen LogP contribution is -2.52. The van der Waals surface area contributed by atoms with Crippen LogP contribution in [0.4, 0.5) is 13.2 Å². The van der Waals surface area contributed by atoms with Gasteiger partial charge in [0.2, 0.25) is 0 Å². The molecule has 0 unspecified atom stereocenters. The predicted molar refractivity (Wildman–Crippen MR) is 224 cm³/mol. The molecule has 0 aliphatic carbocycles. The van der Waals surface area contributed by atoms with Crippen molar-refractivity contribution in [2.75, 3.05) is 26.9 Å². The third kappa shape index (κ3) is 12.7. The van der Waals surface area contributed by atoms with Gasteiger partial charge in [-0.25, -0.2) is 4.79 Å². The third-order valence-corrected chi connectivity index (χ3v) is 12.1. The number of alkyl halides is 3. The first kappa shape index (κ1) is 45.1. The standard InChI is InChI=1S/C48H61F3O4S/c1-3-4-5-6-7-8-9-10-11-12-13-14-15-28-37-54-38-44(39-55-45(52)47(53-2,48(49,50)51)43-35-26-19-27-36-43)56-46(40-29-20-16-21-30-40,41-31-22-17-23-32-41)42-33-24-18-25-34-42/h16-27,29-36,44H,3-15,28,37-39H2,1-2H3/t44-,47-/m0/s1. The fourth-order valence-corrected chi connectivity index (χ4v) is 8.98. The Morgan fingerprint density at radius 2 is 0.929 bits per heavy atom. The number of esters is 1. The number of hydrogen-bond acceptors (Lipinski definition) is 5. The largest absolute Gasteiger partial charge is 0.462 e. The summed E-state index contributed by atoms with van der Waals surface area (Å²) in [5, 5.41) is -0.551. The molecule has 0 aliphatic heterocycles. The van der Waals surface area contributed by atoms with Crippen molar-refractivity contribution in [2.24, 2.45) is 0 Å². The van der Waals surface area contributed by atoms with Crippen molar-refractivity contribution in [2.45, 2.75) is 119 Å². The van der Waals surface area contributed by atoms with Crippen molar-refractivity contribution in [3.05, 3.63) is 144 Å². The number of thioether (sulfide) groups is 1. The lowest BCUT2D eigenvalue weighted by molar-refractivity contribution is -0.276. The molecule has 4 aromatic rings. The Balaban J connectivity index is 1.47. The van der Waals surface area contributed by atoms with E-state index in [-0.39, 0.29) is 18.8 Å². The van der Waals surface area contributed by atoms with Crippen LogP contribution in [0.15, 0.2) is 121 Å². The zero-order valence-electron chi connectivity index (χ0n) is 33.3. The van der Waals surface area contributed by atoms with Crippen LogP contribution in [0.5, 0.6) is 0 Å². The zero-order valence-corrected chi connectivity index (χ0v) is 34.1. The maximum absolute atomic E-state index is 14.8. The summed E-state index contributed by atoms with van der Waals surface area (Å²) in [4.78, 5) is 13.7. The molecule has 0 bridgehead atoms. The van der Waals surface area contributed by atoms with E-state index in [2.05, 4.69) is 43.3 Å². The van der Waals surface area contributed by atoms with Crippen LogP contribution in [0.25, 0.3) is 0 Å². The van der Waals surface area contributed by atoms with Crippen LogP contribution in [0.2, 0.25) is 0 Å². The molecule has 2 atom stereocenters. The SMILES string of the molecule is CCCCCCCCCCCCCCCCOC[C@@H](COC(=O)[C@@](OC)(c1ccccc1)C(F)(F)F)SC(c1ccccc1)(c1ccccc1)c1ccccc1. The molecule has 0 N–H and O–H groups in total. The van der Waals surface area contributed by atoms with Gasteiger partial charge in [-0.1, -0.05) is 212 Å². The molecule has 0 aromatic heterocycles. The highest BCUT2D eigenvalue weighted by molar-refractivity contribution is 8.01. The Hall–Kier alpha value is -3.59. The molecule has 0 saturated carbocycles. The number of hydrogen-bond donors (Lipinski definition) is 0. The van der Waals surface area contributed by atoms with E-state index in [4.69, 9.17) is 14.2 Å². The molecule has 4 aromatic carbocycles. The van der Waals surface area contributed by atoms with Crippen molar-refractivity contribution in [3.63, 3.8) is 0 Å². The van der Waals surface area contributed by atoms with E-state index < -0.39 is 27.7 Å². The molecule has 0 spiro atoms. The second-order valence-electron chi connectivity index (χ2n) is 14.5. The average Bonchev–Trinajstić information content (AvgIpc) is 3.22. The third-order valence-electron chi connectivity index (χ3n) is 10.4. The Labute approximate surface area is 337 Å². The van der Waals surface area contributed by atoms with Gasteiger partial charge in [-0.15, -0.1) is 11.8 Å². The van der Waals surface area contributed by atoms with E-state index in [1.165, 1.54) is 107 Å². The van der Waals surface area contributed by atoms with Gasteiger partial charge in [0.05, 0.1) is 16.6 Å². The molecule has 56 heavy (non-hydrogen) atoms. The Morgan fingerprint density at radius 3 is 1.30 bits per heavy atom. The number of benzene rings is 4. The van der Waals surface area contributed by atoms with Gasteiger partial charge in [-0.2, -0.15) is 13.2 Å². The summed E-state index contributed by atoms with van der Waals surface area (Å²) in [6, 6.07) is 37.0. The minimum absolute atomic E-state index is 0.169. The van der Waals surface area contributed by atoms with Gasteiger partial charge >= 0.3 is 12.1 Å². The lowest BCUT2D eigenvalue weighted by atomic mass is 9.84. The van der Waals surface area contributed by atoms with Gasteiger partial charge in [-0.3, -0.25) is 0 Å². The number of rotatable bonds is 27. The molecular formula is C48H61F3O4S. The van der Waals surface area contributed by atoms with Gasteiger partial charge < -0.3 is 14.2 Å². The first-order valence-corrected chi connectivity index (χ1v) is 21.4. The van der Waals surface area contributed by atoms with Crippen LogP contribution in [0.1, 0.15) is 119 Å². The van der Waals surface area contributed by atoms with Gasteiger partial charge in [0, 0.05) is 19.3 Å². The van der Waals surface area contributed by atoms with Crippen molar-refractivity contribution in [3.8, 4) is 0 Å². The summed E-state index contributed by atoms with van der Waals surface area (Å²) < 4.78 is 60.7. The van der Waals surface area contributed by atoms with Crippen LogP contribution in [0, 0.1) is 0 Å². The summed E-state index contributed by atoms with van der Waals surface area (Å²) >= 11 is 1.52. The number of ether oxygens (including phenoxy) is 3. The van der Waals surface area contributed by atoms with Crippen LogP contribution >= 0.6 is 11.8 Å². The van der Waals surface area contributed by atoms with Crippen molar-refractivity contribution in [1.29, 1.82) is 0 Å². The summed E-state index contributed by atoms with van der Waals surface area (Å²) in [7, 11) is 0.888. The molecule has 4 nitrogen and oxygen atoms in total. The predicted octanol–water partition coefficient (Wildman–Crippen LogP) is 13.2. The molecule has 0 heterocycles. The van der Waals surface area contributed by atoms with Crippen molar-refractivity contribution in [1.82, 2.24) is 0 Å². The van der Waals surface area contributed by atoms with Crippen LogP contribution in [-0.4, -0.2) is 44.3 Å². The Morgan fingerprint density at radius 1 is 0.554 bits per heavy atom. The maximum Gasteiger partial charge on any atom is 0.432 e. The smallest absolute Gasteiger partial charge is 0.432 e. The zero-order chi connectivity index (χ0) is 40.0. The molecule has 4 rings (SSSR count).